The van der Waals surface area contributed by atoms with Crippen molar-refractivity contribution in [1.82, 2.24) is 10.4 Å². The summed E-state index contributed by atoms with van der Waals surface area (Å²) in [4.78, 5) is 4.05. The molecule has 0 aliphatic rings. The Morgan fingerprint density at radius 3 is 2.76 bits per heavy atom. The fraction of sp³-hybridized carbons (Fsp3) is 0.0833. The lowest BCUT2D eigenvalue weighted by molar-refractivity contribution is 0.636. The Morgan fingerprint density at radius 1 is 1.29 bits per heavy atom. The van der Waals surface area contributed by atoms with E-state index in [1.54, 1.807) is 18.5 Å². The summed E-state index contributed by atoms with van der Waals surface area (Å²) in [7, 11) is 0. The van der Waals surface area contributed by atoms with Crippen LogP contribution in [0.5, 0.6) is 0 Å². The van der Waals surface area contributed by atoms with Crippen molar-refractivity contribution in [3.63, 3.8) is 0 Å². The van der Waals surface area contributed by atoms with E-state index in [1.807, 2.05) is 24.3 Å². The van der Waals surface area contributed by atoms with Crippen molar-refractivity contribution >= 4 is 17.3 Å². The molecule has 0 radical (unpaired) electrons. The van der Waals surface area contributed by atoms with Crippen LogP contribution in [0, 0.1) is 0 Å². The molecule has 0 saturated heterocycles. The average Bonchev–Trinajstić information content (AvgIpc) is 2.33. The van der Waals surface area contributed by atoms with Gasteiger partial charge in [-0.25, -0.2) is 5.43 Å². The van der Waals surface area contributed by atoms with Gasteiger partial charge in [-0.1, -0.05) is 23.7 Å². The minimum atomic E-state index is -0.220. The zero-order valence-corrected chi connectivity index (χ0v) is 9.85. The molecular weight excluding hydrogens is 236 g/mol. The predicted molar refractivity (Wildman–Crippen MR) is 69.3 cm³/mol. The molecule has 0 bridgehead atoms. The molecule has 17 heavy (non-hydrogen) atoms. The van der Waals surface area contributed by atoms with Gasteiger partial charge in [-0.3, -0.25) is 10.8 Å². The number of anilines is 1. The van der Waals surface area contributed by atoms with E-state index < -0.39 is 0 Å². The van der Waals surface area contributed by atoms with E-state index in [1.165, 1.54) is 0 Å². The van der Waals surface area contributed by atoms with Crippen molar-refractivity contribution < 1.29 is 0 Å². The molecule has 1 atom stereocenters. The Bertz CT molecular complexity index is 515. The zero-order valence-electron chi connectivity index (χ0n) is 9.10. The van der Waals surface area contributed by atoms with E-state index in [2.05, 4.69) is 10.4 Å². The molecule has 1 unspecified atom stereocenters. The highest BCUT2D eigenvalue weighted by molar-refractivity contribution is 6.30. The van der Waals surface area contributed by atoms with Gasteiger partial charge in [0.2, 0.25) is 0 Å². The van der Waals surface area contributed by atoms with E-state index in [9.17, 15) is 0 Å². The fourth-order valence-electron chi connectivity index (χ4n) is 1.71. The van der Waals surface area contributed by atoms with E-state index in [4.69, 9.17) is 23.2 Å². The van der Waals surface area contributed by atoms with Gasteiger partial charge in [0.15, 0.2) is 0 Å². The van der Waals surface area contributed by atoms with Crippen molar-refractivity contribution in [2.45, 2.75) is 6.04 Å². The number of nitrogens with zero attached hydrogens (tertiary/aromatic N) is 1. The van der Waals surface area contributed by atoms with Gasteiger partial charge in [0, 0.05) is 28.7 Å². The fourth-order valence-corrected chi connectivity index (χ4v) is 1.91. The zero-order chi connectivity index (χ0) is 12.3. The van der Waals surface area contributed by atoms with Gasteiger partial charge in [0.25, 0.3) is 0 Å². The van der Waals surface area contributed by atoms with Gasteiger partial charge in [0.05, 0.1) is 6.04 Å². The van der Waals surface area contributed by atoms with Gasteiger partial charge in [0.1, 0.15) is 0 Å². The lowest BCUT2D eigenvalue weighted by Gasteiger charge is -2.18. The lowest BCUT2D eigenvalue weighted by Crippen LogP contribution is -2.29. The second-order valence-electron chi connectivity index (χ2n) is 3.66. The first kappa shape index (κ1) is 11.9. The molecule has 0 aliphatic heterocycles. The Hall–Kier alpha value is -1.62. The molecule has 4 nitrogen and oxygen atoms in total. The second kappa shape index (κ2) is 5.14. The van der Waals surface area contributed by atoms with E-state index >= 15 is 0 Å². The van der Waals surface area contributed by atoms with Crippen molar-refractivity contribution in [3.8, 4) is 0 Å². The molecule has 5 heteroatoms. The summed E-state index contributed by atoms with van der Waals surface area (Å²) in [5.41, 5.74) is 11.0. The Kier molecular flexibility index (Phi) is 3.58. The van der Waals surface area contributed by atoms with Crippen LogP contribution in [-0.4, -0.2) is 4.98 Å². The Morgan fingerprint density at radius 2 is 2.12 bits per heavy atom. The van der Waals surface area contributed by atoms with Crippen molar-refractivity contribution in [1.29, 1.82) is 0 Å². The first-order chi connectivity index (χ1) is 8.22. The van der Waals surface area contributed by atoms with E-state index in [0.717, 1.165) is 11.1 Å². The third-order valence-electron chi connectivity index (χ3n) is 2.55. The summed E-state index contributed by atoms with van der Waals surface area (Å²) in [6.07, 6.45) is 3.34. The van der Waals surface area contributed by atoms with Crippen LogP contribution in [0.2, 0.25) is 5.02 Å². The normalized spacial score (nSPS) is 12.4. The summed E-state index contributed by atoms with van der Waals surface area (Å²) < 4.78 is 0. The van der Waals surface area contributed by atoms with Crippen LogP contribution in [0.15, 0.2) is 42.7 Å². The van der Waals surface area contributed by atoms with Crippen LogP contribution in [0.4, 0.5) is 5.69 Å². The van der Waals surface area contributed by atoms with Gasteiger partial charge in [-0.15, -0.1) is 0 Å². The summed E-state index contributed by atoms with van der Waals surface area (Å²) >= 11 is 5.96. The molecule has 1 aromatic heterocycles. The number of hydrogen-bond donors (Lipinski definition) is 3. The number of benzene rings is 1. The third-order valence-corrected chi connectivity index (χ3v) is 2.78. The van der Waals surface area contributed by atoms with E-state index in [-0.39, 0.29) is 6.04 Å². The van der Waals surface area contributed by atoms with Crippen LogP contribution >= 0.6 is 11.6 Å². The highest BCUT2D eigenvalue weighted by Gasteiger charge is 2.15. The molecule has 0 spiro atoms. The first-order valence-electron chi connectivity index (χ1n) is 5.13. The quantitative estimate of drug-likeness (QED) is 0.573. The summed E-state index contributed by atoms with van der Waals surface area (Å²) in [6, 6.07) is 8.98. The number of nitrogens with one attached hydrogen (secondary N) is 1. The summed E-state index contributed by atoms with van der Waals surface area (Å²) in [5, 5.41) is 0.658. The molecule has 1 aromatic carbocycles. The monoisotopic (exact) mass is 248 g/mol. The maximum Gasteiger partial charge on any atom is 0.0745 e. The highest BCUT2D eigenvalue weighted by Crippen LogP contribution is 2.26. The molecule has 2 rings (SSSR count). The van der Waals surface area contributed by atoms with Crippen molar-refractivity contribution in [3.05, 3.63) is 58.9 Å². The Labute approximate surface area is 105 Å². The molecule has 0 aliphatic carbocycles. The molecule has 88 valence electrons. The predicted octanol–water partition coefficient (Wildman–Crippen LogP) is 1.87. The molecule has 0 saturated carbocycles. The topological polar surface area (TPSA) is 77.0 Å². The van der Waals surface area contributed by atoms with Crippen molar-refractivity contribution in [2.24, 2.45) is 5.84 Å². The van der Waals surface area contributed by atoms with Crippen LogP contribution in [0.25, 0.3) is 0 Å². The molecule has 5 N–H and O–H groups in total. The van der Waals surface area contributed by atoms with Gasteiger partial charge in [-0.05, 0) is 23.8 Å². The SMILES string of the molecule is NNC(c1cccc(Cl)c1)c1cnccc1N. The minimum Gasteiger partial charge on any atom is -0.398 e. The Balaban J connectivity index is 2.44. The summed E-state index contributed by atoms with van der Waals surface area (Å²) in [6.45, 7) is 0. The number of nitrogens with two attached hydrogens (primary N) is 2. The number of aromatic nitrogens is 1. The molecular formula is C12H13ClN4. The maximum absolute atomic E-state index is 5.96. The van der Waals surface area contributed by atoms with Gasteiger partial charge >= 0.3 is 0 Å². The lowest BCUT2D eigenvalue weighted by atomic mass is 10.00. The molecule has 2 aromatic rings. The van der Waals surface area contributed by atoms with Crippen LogP contribution in [0.3, 0.4) is 0 Å². The summed E-state index contributed by atoms with van der Waals surface area (Å²) in [5.74, 6) is 5.58. The largest absolute Gasteiger partial charge is 0.398 e. The smallest absolute Gasteiger partial charge is 0.0745 e. The van der Waals surface area contributed by atoms with Gasteiger partial charge < -0.3 is 5.73 Å². The van der Waals surface area contributed by atoms with E-state index in [0.29, 0.717) is 10.7 Å². The average molecular weight is 249 g/mol. The number of hydrazine groups is 1. The molecule has 0 fully saturated rings. The highest BCUT2D eigenvalue weighted by atomic mass is 35.5. The molecule has 0 amide bonds. The maximum atomic E-state index is 5.96. The van der Waals surface area contributed by atoms with Crippen LogP contribution < -0.4 is 17.0 Å². The number of nitrogen functional groups attached to an aromatic ring is 1. The van der Waals surface area contributed by atoms with Gasteiger partial charge in [-0.2, -0.15) is 0 Å². The number of rotatable bonds is 3. The first-order valence-corrected chi connectivity index (χ1v) is 5.51. The van der Waals surface area contributed by atoms with Crippen LogP contribution in [0.1, 0.15) is 17.2 Å². The standard InChI is InChI=1S/C12H13ClN4/c13-9-3-1-2-8(6-9)12(17-15)10-7-16-5-4-11(10)14/h1-7,12,17H,15H2,(H2,14,16). The number of pyridine rings is 1. The number of halogens is 1. The molecule has 1 heterocycles. The number of hydrogen-bond acceptors (Lipinski definition) is 4. The minimum absolute atomic E-state index is 0.220. The second-order valence-corrected chi connectivity index (χ2v) is 4.10. The van der Waals surface area contributed by atoms with Crippen molar-refractivity contribution in [2.75, 3.05) is 5.73 Å². The third kappa shape index (κ3) is 2.55. The van der Waals surface area contributed by atoms with Crippen LogP contribution in [-0.2, 0) is 0 Å².